The van der Waals surface area contributed by atoms with Crippen LogP contribution in [-0.2, 0) is 5.33 Å². The second-order valence-electron chi connectivity index (χ2n) is 3.15. The lowest BCUT2D eigenvalue weighted by atomic mass is 10.1. The Kier molecular flexibility index (Phi) is 5.08. The molecule has 0 saturated carbocycles. The van der Waals surface area contributed by atoms with Gasteiger partial charge in [0.05, 0.1) is 5.56 Å². The number of ether oxygens (including phenoxy) is 1. The number of rotatable bonds is 4. The van der Waals surface area contributed by atoms with Gasteiger partial charge in [0, 0.05) is 5.33 Å². The highest BCUT2D eigenvalue weighted by Gasteiger charge is 2.35. The maximum absolute atomic E-state index is 12.6. The topological polar surface area (TPSA) is 39.2 Å². The Morgan fingerprint density at radius 2 is 2.05 bits per heavy atom. The first kappa shape index (κ1) is 16.1. The summed E-state index contributed by atoms with van der Waals surface area (Å²) in [5, 5.41) is -1.26. The molecule has 1 rings (SSSR count). The molecule has 1 aromatic heterocycles. The van der Waals surface area contributed by atoms with Crippen molar-refractivity contribution in [1.82, 2.24) is 4.98 Å². The Hall–Kier alpha value is -0.960. The van der Waals surface area contributed by atoms with Crippen LogP contribution in [0.2, 0.25) is 0 Å². The Morgan fingerprint density at radius 3 is 2.42 bits per heavy atom. The van der Waals surface area contributed by atoms with Gasteiger partial charge < -0.3 is 4.74 Å². The molecular formula is C9H4BrClF5NO2. The maximum atomic E-state index is 12.6. The largest absolute Gasteiger partial charge is 0.574 e. The van der Waals surface area contributed by atoms with E-state index in [9.17, 15) is 26.7 Å². The molecule has 0 atom stereocenters. The molecule has 0 unspecified atom stereocenters. The van der Waals surface area contributed by atoms with Gasteiger partial charge in [-0.2, -0.15) is 0 Å². The molecule has 19 heavy (non-hydrogen) atoms. The van der Waals surface area contributed by atoms with E-state index in [0.717, 1.165) is 0 Å². The quantitative estimate of drug-likeness (QED) is 0.454. The molecule has 0 aliphatic heterocycles. The van der Waals surface area contributed by atoms with Crippen molar-refractivity contribution in [3.05, 3.63) is 22.9 Å². The highest BCUT2D eigenvalue weighted by atomic mass is 79.9. The second-order valence-corrected chi connectivity index (χ2v) is 4.05. The van der Waals surface area contributed by atoms with Gasteiger partial charge in [0.15, 0.2) is 0 Å². The van der Waals surface area contributed by atoms with Crippen LogP contribution in [0.3, 0.4) is 0 Å². The van der Waals surface area contributed by atoms with Crippen LogP contribution in [0, 0.1) is 0 Å². The minimum Gasteiger partial charge on any atom is -0.387 e. The normalized spacial score (nSPS) is 11.8. The highest BCUT2D eigenvalue weighted by Crippen LogP contribution is 2.33. The van der Waals surface area contributed by atoms with Gasteiger partial charge in [-0.15, -0.1) is 13.2 Å². The third-order valence-electron chi connectivity index (χ3n) is 1.87. The van der Waals surface area contributed by atoms with Crippen molar-refractivity contribution in [1.29, 1.82) is 0 Å². The fourth-order valence-electron chi connectivity index (χ4n) is 1.18. The summed E-state index contributed by atoms with van der Waals surface area (Å²) in [4.78, 5) is 14.1. The van der Waals surface area contributed by atoms with Crippen molar-refractivity contribution in [3.63, 3.8) is 0 Å². The molecule has 1 heterocycles. The number of carbonyl (C=O) groups is 1. The van der Waals surface area contributed by atoms with E-state index in [1.165, 1.54) is 0 Å². The molecule has 0 spiro atoms. The monoisotopic (exact) mass is 367 g/mol. The number of hydrogen-bond acceptors (Lipinski definition) is 3. The number of hydrogen-bond donors (Lipinski definition) is 0. The van der Waals surface area contributed by atoms with Gasteiger partial charge in [0.25, 0.3) is 11.7 Å². The van der Waals surface area contributed by atoms with Crippen LogP contribution in [0.15, 0.2) is 6.07 Å². The Balaban J connectivity index is 3.41. The summed E-state index contributed by atoms with van der Waals surface area (Å²) in [7, 11) is 0. The van der Waals surface area contributed by atoms with E-state index in [0.29, 0.717) is 6.07 Å². The molecular weight excluding hydrogens is 364 g/mol. The summed E-state index contributed by atoms with van der Waals surface area (Å²) in [6.07, 6.45) is -8.46. The van der Waals surface area contributed by atoms with Crippen LogP contribution in [0.5, 0.6) is 5.88 Å². The fourth-order valence-corrected chi connectivity index (χ4v) is 1.77. The smallest absolute Gasteiger partial charge is 0.387 e. The summed E-state index contributed by atoms with van der Waals surface area (Å²) in [6.45, 7) is 0. The summed E-state index contributed by atoms with van der Waals surface area (Å²) in [5.74, 6) is -1.39. The average molecular weight is 368 g/mol. The summed E-state index contributed by atoms with van der Waals surface area (Å²) < 4.78 is 64.8. The standard InChI is InChI=1S/C9H4BrClF5NO2/c10-2-3-1-4(7(12)13)8(19-9(14,15)16)17-5(3)6(11)18/h1,7H,2H2. The lowest BCUT2D eigenvalue weighted by Crippen LogP contribution is -2.20. The predicted octanol–water partition coefficient (Wildman–Crippen LogP) is 4.19. The number of pyridine rings is 1. The Labute approximate surface area is 116 Å². The first-order valence-electron chi connectivity index (χ1n) is 4.49. The maximum Gasteiger partial charge on any atom is 0.574 e. The van der Waals surface area contributed by atoms with Gasteiger partial charge >= 0.3 is 6.36 Å². The van der Waals surface area contributed by atoms with E-state index in [1.54, 1.807) is 0 Å². The van der Waals surface area contributed by atoms with Crippen LogP contribution in [0.4, 0.5) is 22.0 Å². The van der Waals surface area contributed by atoms with Crippen molar-refractivity contribution in [2.45, 2.75) is 18.1 Å². The first-order chi connectivity index (χ1) is 8.65. The molecule has 10 heteroatoms. The highest BCUT2D eigenvalue weighted by molar-refractivity contribution is 9.08. The van der Waals surface area contributed by atoms with Crippen LogP contribution < -0.4 is 4.74 Å². The van der Waals surface area contributed by atoms with Gasteiger partial charge in [-0.3, -0.25) is 4.79 Å². The molecule has 0 bridgehead atoms. The van der Waals surface area contributed by atoms with Gasteiger partial charge in [-0.25, -0.2) is 13.8 Å². The average Bonchev–Trinajstić information content (AvgIpc) is 2.25. The van der Waals surface area contributed by atoms with Gasteiger partial charge in [-0.05, 0) is 23.2 Å². The van der Waals surface area contributed by atoms with Crippen molar-refractivity contribution >= 4 is 32.8 Å². The number of aromatic nitrogens is 1. The zero-order chi connectivity index (χ0) is 14.8. The molecule has 1 aromatic rings. The third kappa shape index (κ3) is 4.27. The van der Waals surface area contributed by atoms with Crippen LogP contribution in [-0.4, -0.2) is 16.6 Å². The van der Waals surface area contributed by atoms with E-state index in [-0.39, 0.29) is 10.9 Å². The lowest BCUT2D eigenvalue weighted by Gasteiger charge is -2.14. The van der Waals surface area contributed by atoms with Crippen LogP contribution in [0.1, 0.15) is 28.0 Å². The van der Waals surface area contributed by atoms with Gasteiger partial charge in [0.1, 0.15) is 5.69 Å². The molecule has 0 saturated heterocycles. The van der Waals surface area contributed by atoms with Crippen LogP contribution in [0.25, 0.3) is 0 Å². The molecule has 0 amide bonds. The molecule has 0 aliphatic rings. The minimum absolute atomic E-state index is 0.0650. The third-order valence-corrected chi connectivity index (χ3v) is 2.65. The van der Waals surface area contributed by atoms with Crippen molar-refractivity contribution < 1.29 is 31.5 Å². The molecule has 106 valence electrons. The first-order valence-corrected chi connectivity index (χ1v) is 5.99. The molecule has 0 aromatic carbocycles. The van der Waals surface area contributed by atoms with Crippen LogP contribution >= 0.6 is 27.5 Å². The van der Waals surface area contributed by atoms with Gasteiger partial charge in [-0.1, -0.05) is 15.9 Å². The summed E-state index contributed by atoms with van der Waals surface area (Å²) in [6, 6.07) is 0.684. The van der Waals surface area contributed by atoms with Crippen molar-refractivity contribution in [3.8, 4) is 5.88 Å². The van der Waals surface area contributed by atoms with Crippen molar-refractivity contribution in [2.24, 2.45) is 0 Å². The van der Waals surface area contributed by atoms with Crippen molar-refractivity contribution in [2.75, 3.05) is 0 Å². The number of alkyl halides is 6. The molecule has 0 radical (unpaired) electrons. The summed E-state index contributed by atoms with van der Waals surface area (Å²) in [5.41, 5.74) is -1.72. The molecule has 0 fully saturated rings. The second kappa shape index (κ2) is 6.00. The van der Waals surface area contributed by atoms with E-state index < -0.39 is 35.2 Å². The predicted molar refractivity (Wildman–Crippen MR) is 58.7 cm³/mol. The SMILES string of the molecule is O=C(Cl)c1nc(OC(F)(F)F)c(C(F)F)cc1CBr. The van der Waals surface area contributed by atoms with Gasteiger partial charge in [0.2, 0.25) is 5.88 Å². The van der Waals surface area contributed by atoms with E-state index in [2.05, 4.69) is 25.7 Å². The van der Waals surface area contributed by atoms with E-state index >= 15 is 0 Å². The number of carbonyl (C=O) groups excluding carboxylic acids is 1. The molecule has 3 nitrogen and oxygen atoms in total. The zero-order valence-corrected chi connectivity index (χ0v) is 11.1. The lowest BCUT2D eigenvalue weighted by molar-refractivity contribution is -0.276. The molecule has 0 aliphatic carbocycles. The Bertz CT molecular complexity index is 494. The molecule has 0 N–H and O–H groups in total. The minimum atomic E-state index is -5.21. The number of halogens is 7. The Morgan fingerprint density at radius 1 is 1.47 bits per heavy atom. The summed E-state index contributed by atoms with van der Waals surface area (Å²) >= 11 is 8.00. The number of nitrogens with zero attached hydrogens (tertiary/aromatic N) is 1. The zero-order valence-electron chi connectivity index (χ0n) is 8.77. The van der Waals surface area contributed by atoms with E-state index in [4.69, 9.17) is 11.6 Å². The fraction of sp³-hybridized carbons (Fsp3) is 0.333. The van der Waals surface area contributed by atoms with E-state index in [1.807, 2.05) is 0 Å².